The lowest BCUT2D eigenvalue weighted by molar-refractivity contribution is 0.0212. The molecule has 16 heavy (non-hydrogen) atoms. The van der Waals surface area contributed by atoms with E-state index >= 15 is 0 Å². The Hall–Kier alpha value is -0.0800. The highest BCUT2D eigenvalue weighted by Crippen LogP contribution is 2.39. The van der Waals surface area contributed by atoms with Gasteiger partial charge < -0.3 is 9.80 Å². The van der Waals surface area contributed by atoms with Crippen LogP contribution in [0.15, 0.2) is 0 Å². The van der Waals surface area contributed by atoms with Crippen LogP contribution in [0.5, 0.6) is 0 Å². The number of likely N-dealkylation sites (tertiary alicyclic amines) is 2. The van der Waals surface area contributed by atoms with Gasteiger partial charge in [0.05, 0.1) is 0 Å². The van der Waals surface area contributed by atoms with Gasteiger partial charge in [-0.05, 0) is 71.1 Å². The summed E-state index contributed by atoms with van der Waals surface area (Å²) in [5, 5.41) is 0. The Labute approximate surface area is 101 Å². The van der Waals surface area contributed by atoms with Gasteiger partial charge in [0.2, 0.25) is 0 Å². The molecule has 1 spiro atoms. The second kappa shape index (κ2) is 5.05. The molecular weight excluding hydrogens is 196 g/mol. The standard InChI is InChI=1S/C14H28N2/c1-4-13(2)16-10-7-14(8-11-16)6-5-9-15(3)12-14/h13H,4-12H2,1-3H3. The van der Waals surface area contributed by atoms with E-state index in [-0.39, 0.29) is 0 Å². The summed E-state index contributed by atoms with van der Waals surface area (Å²) < 4.78 is 0. The molecule has 0 aromatic carbocycles. The van der Waals surface area contributed by atoms with Crippen molar-refractivity contribution in [1.82, 2.24) is 9.80 Å². The fraction of sp³-hybridized carbons (Fsp3) is 1.00. The van der Waals surface area contributed by atoms with E-state index in [0.717, 1.165) is 6.04 Å². The van der Waals surface area contributed by atoms with Crippen LogP contribution in [0.2, 0.25) is 0 Å². The molecule has 2 fully saturated rings. The van der Waals surface area contributed by atoms with Crippen LogP contribution in [0.3, 0.4) is 0 Å². The third-order valence-electron chi connectivity index (χ3n) is 4.93. The highest BCUT2D eigenvalue weighted by atomic mass is 15.2. The third kappa shape index (κ3) is 2.60. The smallest absolute Gasteiger partial charge is 0.00643 e. The summed E-state index contributed by atoms with van der Waals surface area (Å²) in [5.41, 5.74) is 0.678. The minimum Gasteiger partial charge on any atom is -0.306 e. The lowest BCUT2D eigenvalue weighted by Gasteiger charge is -2.48. The van der Waals surface area contributed by atoms with Crippen LogP contribution >= 0.6 is 0 Å². The van der Waals surface area contributed by atoms with Gasteiger partial charge in [0.25, 0.3) is 0 Å². The molecule has 0 aromatic heterocycles. The molecule has 2 heterocycles. The van der Waals surface area contributed by atoms with E-state index in [1.165, 1.54) is 58.3 Å². The summed E-state index contributed by atoms with van der Waals surface area (Å²) in [6, 6.07) is 0.790. The van der Waals surface area contributed by atoms with Gasteiger partial charge in [0.15, 0.2) is 0 Å². The molecule has 2 heteroatoms. The van der Waals surface area contributed by atoms with Gasteiger partial charge in [0.1, 0.15) is 0 Å². The van der Waals surface area contributed by atoms with Gasteiger partial charge in [-0.25, -0.2) is 0 Å². The van der Waals surface area contributed by atoms with Gasteiger partial charge in [-0.2, -0.15) is 0 Å². The Kier molecular flexibility index (Phi) is 3.91. The van der Waals surface area contributed by atoms with E-state index in [4.69, 9.17) is 0 Å². The molecule has 0 aromatic rings. The molecule has 1 unspecified atom stereocenters. The molecular formula is C14H28N2. The Bertz CT molecular complexity index is 219. The van der Waals surface area contributed by atoms with Crippen LogP contribution in [0, 0.1) is 5.41 Å². The summed E-state index contributed by atoms with van der Waals surface area (Å²) in [5.74, 6) is 0. The van der Waals surface area contributed by atoms with Gasteiger partial charge in [-0.15, -0.1) is 0 Å². The molecule has 0 aliphatic carbocycles. The van der Waals surface area contributed by atoms with Crippen molar-refractivity contribution in [1.29, 1.82) is 0 Å². The van der Waals surface area contributed by atoms with E-state index in [1.807, 2.05) is 0 Å². The van der Waals surface area contributed by atoms with E-state index < -0.39 is 0 Å². The van der Waals surface area contributed by atoms with Gasteiger partial charge in [0, 0.05) is 12.6 Å². The monoisotopic (exact) mass is 224 g/mol. The predicted molar refractivity (Wildman–Crippen MR) is 69.7 cm³/mol. The molecule has 94 valence electrons. The van der Waals surface area contributed by atoms with Crippen molar-refractivity contribution in [2.75, 3.05) is 33.2 Å². The summed E-state index contributed by atoms with van der Waals surface area (Å²) in [6.07, 6.45) is 7.06. The number of hydrogen-bond donors (Lipinski definition) is 0. The maximum atomic E-state index is 2.69. The van der Waals surface area contributed by atoms with Crippen molar-refractivity contribution in [3.05, 3.63) is 0 Å². The van der Waals surface area contributed by atoms with E-state index in [0.29, 0.717) is 5.41 Å². The molecule has 0 bridgehead atoms. The summed E-state index contributed by atoms with van der Waals surface area (Å²) >= 11 is 0. The molecule has 0 N–H and O–H groups in total. The first-order valence-electron chi connectivity index (χ1n) is 7.08. The van der Waals surface area contributed by atoms with Gasteiger partial charge in [-0.1, -0.05) is 6.92 Å². The second-order valence-electron chi connectivity index (χ2n) is 6.13. The zero-order valence-corrected chi connectivity index (χ0v) is 11.3. The van der Waals surface area contributed by atoms with Crippen molar-refractivity contribution in [2.45, 2.75) is 52.0 Å². The van der Waals surface area contributed by atoms with E-state index in [2.05, 4.69) is 30.7 Å². The molecule has 2 saturated heterocycles. The van der Waals surface area contributed by atoms with Gasteiger partial charge >= 0.3 is 0 Å². The summed E-state index contributed by atoms with van der Waals surface area (Å²) in [6.45, 7) is 10.0. The zero-order chi connectivity index (χ0) is 11.6. The highest BCUT2D eigenvalue weighted by molar-refractivity contribution is 4.91. The SMILES string of the molecule is CCC(C)N1CCC2(CCCN(C)C2)CC1. The quantitative estimate of drug-likeness (QED) is 0.711. The Balaban J connectivity index is 1.88. The largest absolute Gasteiger partial charge is 0.306 e. The molecule has 0 saturated carbocycles. The predicted octanol–water partition coefficient (Wildman–Crippen LogP) is 2.59. The molecule has 0 amide bonds. The Morgan fingerprint density at radius 3 is 2.38 bits per heavy atom. The van der Waals surface area contributed by atoms with Crippen molar-refractivity contribution >= 4 is 0 Å². The molecule has 2 aliphatic rings. The van der Waals surface area contributed by atoms with Crippen molar-refractivity contribution in [3.63, 3.8) is 0 Å². The number of hydrogen-bond acceptors (Lipinski definition) is 2. The van der Waals surface area contributed by atoms with Crippen LogP contribution in [-0.4, -0.2) is 49.1 Å². The number of nitrogens with zero attached hydrogens (tertiary/aromatic N) is 2. The van der Waals surface area contributed by atoms with Gasteiger partial charge in [-0.3, -0.25) is 0 Å². The fourth-order valence-corrected chi connectivity index (χ4v) is 3.56. The van der Waals surface area contributed by atoms with E-state index in [9.17, 15) is 0 Å². The minimum absolute atomic E-state index is 0.678. The summed E-state index contributed by atoms with van der Waals surface area (Å²) in [4.78, 5) is 5.24. The maximum absolute atomic E-state index is 2.69. The van der Waals surface area contributed by atoms with Crippen LogP contribution in [0.25, 0.3) is 0 Å². The molecule has 2 aliphatic heterocycles. The first kappa shape index (κ1) is 12.4. The number of piperidine rings is 2. The maximum Gasteiger partial charge on any atom is 0.00643 e. The molecule has 0 radical (unpaired) electrons. The lowest BCUT2D eigenvalue weighted by atomic mass is 9.72. The lowest BCUT2D eigenvalue weighted by Crippen LogP contribution is -2.50. The van der Waals surface area contributed by atoms with Crippen molar-refractivity contribution < 1.29 is 0 Å². The topological polar surface area (TPSA) is 6.48 Å². The average molecular weight is 224 g/mol. The fourth-order valence-electron chi connectivity index (χ4n) is 3.56. The van der Waals surface area contributed by atoms with Crippen molar-refractivity contribution in [2.24, 2.45) is 5.41 Å². The average Bonchev–Trinajstić information content (AvgIpc) is 2.29. The van der Waals surface area contributed by atoms with Crippen LogP contribution < -0.4 is 0 Å². The van der Waals surface area contributed by atoms with Crippen LogP contribution in [-0.2, 0) is 0 Å². The molecule has 2 nitrogen and oxygen atoms in total. The minimum atomic E-state index is 0.678. The first-order valence-corrected chi connectivity index (χ1v) is 7.08. The third-order valence-corrected chi connectivity index (χ3v) is 4.93. The molecule has 1 atom stereocenters. The first-order chi connectivity index (χ1) is 7.65. The second-order valence-corrected chi connectivity index (χ2v) is 6.13. The Morgan fingerprint density at radius 2 is 1.81 bits per heavy atom. The number of rotatable bonds is 2. The normalized spacial score (nSPS) is 29.4. The Morgan fingerprint density at radius 1 is 1.12 bits per heavy atom. The summed E-state index contributed by atoms with van der Waals surface area (Å²) in [7, 11) is 2.29. The molecule has 2 rings (SSSR count). The van der Waals surface area contributed by atoms with Crippen LogP contribution in [0.4, 0.5) is 0 Å². The van der Waals surface area contributed by atoms with E-state index in [1.54, 1.807) is 0 Å². The zero-order valence-electron chi connectivity index (χ0n) is 11.3. The highest BCUT2D eigenvalue weighted by Gasteiger charge is 2.37. The van der Waals surface area contributed by atoms with Crippen LogP contribution in [0.1, 0.15) is 46.0 Å². The van der Waals surface area contributed by atoms with Crippen molar-refractivity contribution in [3.8, 4) is 0 Å².